The summed E-state index contributed by atoms with van der Waals surface area (Å²) in [5.74, 6) is -0.251. The van der Waals surface area contributed by atoms with Crippen LogP contribution in [0.2, 0.25) is 0 Å². The van der Waals surface area contributed by atoms with Crippen LogP contribution in [-0.2, 0) is 0 Å². The summed E-state index contributed by atoms with van der Waals surface area (Å²) in [5, 5.41) is 3.98. The number of hydrogen-bond acceptors (Lipinski definition) is 4. The topological polar surface area (TPSA) is 62.6 Å². The van der Waals surface area contributed by atoms with Crippen LogP contribution in [0.3, 0.4) is 0 Å². The van der Waals surface area contributed by atoms with Crippen molar-refractivity contribution in [2.45, 2.75) is 13.0 Å². The Morgan fingerprint density at radius 1 is 1.38 bits per heavy atom. The number of carbonyl (C=O) groups is 1. The van der Waals surface area contributed by atoms with Gasteiger partial charge in [0.1, 0.15) is 11.1 Å². The first kappa shape index (κ1) is 15.5. The third kappa shape index (κ3) is 2.94. The molecule has 1 atom stereocenters. The average Bonchev–Trinajstić information content (AvgIpc) is 2.46. The summed E-state index contributed by atoms with van der Waals surface area (Å²) in [5.41, 5.74) is 0.0410. The van der Waals surface area contributed by atoms with Crippen LogP contribution in [0.4, 0.5) is 0 Å². The summed E-state index contributed by atoms with van der Waals surface area (Å²) >= 11 is 0. The molecule has 1 aromatic carbocycles. The number of hydrogen-bond donors (Lipinski definition) is 1. The zero-order valence-electron chi connectivity index (χ0n) is 11.7. The number of piperazine rings is 1. The van der Waals surface area contributed by atoms with E-state index in [4.69, 9.17) is 4.42 Å². The van der Waals surface area contributed by atoms with Crippen molar-refractivity contribution >= 4 is 29.3 Å². The van der Waals surface area contributed by atoms with Crippen molar-refractivity contribution < 1.29 is 9.21 Å². The van der Waals surface area contributed by atoms with Gasteiger partial charge in [0.2, 0.25) is 0 Å². The monoisotopic (exact) mass is 308 g/mol. The maximum atomic E-state index is 12.5. The second-order valence-corrected chi connectivity index (χ2v) is 5.04. The van der Waals surface area contributed by atoms with Gasteiger partial charge in [-0.3, -0.25) is 4.79 Å². The van der Waals surface area contributed by atoms with E-state index in [0.29, 0.717) is 12.1 Å². The first-order chi connectivity index (χ1) is 9.66. The van der Waals surface area contributed by atoms with E-state index < -0.39 is 5.63 Å². The Morgan fingerprint density at radius 3 is 2.90 bits per heavy atom. The van der Waals surface area contributed by atoms with E-state index in [2.05, 4.69) is 5.32 Å². The van der Waals surface area contributed by atoms with E-state index in [-0.39, 0.29) is 29.9 Å². The van der Waals surface area contributed by atoms with Gasteiger partial charge < -0.3 is 14.6 Å². The van der Waals surface area contributed by atoms with Gasteiger partial charge in [0.15, 0.2) is 0 Å². The molecular weight excluding hydrogens is 292 g/mol. The molecule has 0 radical (unpaired) electrons. The summed E-state index contributed by atoms with van der Waals surface area (Å²) < 4.78 is 5.22. The van der Waals surface area contributed by atoms with Crippen molar-refractivity contribution in [1.82, 2.24) is 10.2 Å². The second-order valence-electron chi connectivity index (χ2n) is 5.04. The van der Waals surface area contributed by atoms with Gasteiger partial charge in [0, 0.05) is 31.1 Å². The summed E-state index contributed by atoms with van der Waals surface area (Å²) in [6.45, 7) is 4.05. The Bertz CT molecular complexity index is 713. The third-order valence-corrected chi connectivity index (χ3v) is 3.63. The molecule has 0 aliphatic carbocycles. The molecule has 0 spiro atoms. The largest absolute Gasteiger partial charge is 0.422 e. The number of nitrogens with one attached hydrogen (secondary N) is 1. The Labute approximate surface area is 128 Å². The molecule has 1 aliphatic heterocycles. The van der Waals surface area contributed by atoms with Crippen molar-refractivity contribution in [2.24, 2.45) is 0 Å². The Hall–Kier alpha value is -1.85. The quantitative estimate of drug-likeness (QED) is 0.814. The fourth-order valence-electron chi connectivity index (χ4n) is 2.51. The van der Waals surface area contributed by atoms with Crippen molar-refractivity contribution in [3.8, 4) is 0 Å². The zero-order valence-corrected chi connectivity index (χ0v) is 12.5. The molecule has 1 aromatic heterocycles. The Kier molecular flexibility index (Phi) is 4.65. The molecule has 2 aromatic rings. The number of rotatable bonds is 1. The lowest BCUT2D eigenvalue weighted by atomic mass is 10.1. The fourth-order valence-corrected chi connectivity index (χ4v) is 2.51. The van der Waals surface area contributed by atoms with Crippen LogP contribution >= 0.6 is 12.4 Å². The van der Waals surface area contributed by atoms with Gasteiger partial charge in [-0.05, 0) is 19.1 Å². The highest BCUT2D eigenvalue weighted by Gasteiger charge is 2.26. The molecule has 1 fully saturated rings. The maximum absolute atomic E-state index is 12.5. The van der Waals surface area contributed by atoms with Gasteiger partial charge in [0.05, 0.1) is 0 Å². The minimum atomic E-state index is -0.570. The summed E-state index contributed by atoms with van der Waals surface area (Å²) in [4.78, 5) is 26.2. The molecule has 0 unspecified atom stereocenters. The highest BCUT2D eigenvalue weighted by molar-refractivity contribution is 5.96. The molecule has 6 heteroatoms. The molecule has 0 saturated carbocycles. The molecule has 21 heavy (non-hydrogen) atoms. The Morgan fingerprint density at radius 2 is 2.14 bits per heavy atom. The Balaban J connectivity index is 0.00000161. The highest BCUT2D eigenvalue weighted by atomic mass is 35.5. The molecule has 1 saturated heterocycles. The molecular formula is C15H17ClN2O3. The SMILES string of the molecule is C[C@H]1CNCCN1C(=O)c1cc2ccccc2oc1=O.Cl. The van der Waals surface area contributed by atoms with Crippen LogP contribution in [0.5, 0.6) is 0 Å². The van der Waals surface area contributed by atoms with Crippen LogP contribution in [0.15, 0.2) is 39.5 Å². The number of fused-ring (bicyclic) bond motifs is 1. The lowest BCUT2D eigenvalue weighted by Gasteiger charge is -2.33. The van der Waals surface area contributed by atoms with E-state index in [0.717, 1.165) is 18.5 Å². The van der Waals surface area contributed by atoms with E-state index in [1.165, 1.54) is 0 Å². The van der Waals surface area contributed by atoms with Crippen LogP contribution in [0.25, 0.3) is 11.0 Å². The molecule has 112 valence electrons. The average molecular weight is 309 g/mol. The van der Waals surface area contributed by atoms with Crippen LogP contribution in [0.1, 0.15) is 17.3 Å². The predicted molar refractivity (Wildman–Crippen MR) is 83.1 cm³/mol. The van der Waals surface area contributed by atoms with E-state index in [1.807, 2.05) is 19.1 Å². The van der Waals surface area contributed by atoms with Crippen LogP contribution < -0.4 is 10.9 Å². The number of benzene rings is 1. The molecule has 0 bridgehead atoms. The lowest BCUT2D eigenvalue weighted by molar-refractivity contribution is 0.0651. The van der Waals surface area contributed by atoms with Gasteiger partial charge in [0.25, 0.3) is 5.91 Å². The van der Waals surface area contributed by atoms with Crippen molar-refractivity contribution in [2.75, 3.05) is 19.6 Å². The maximum Gasteiger partial charge on any atom is 0.349 e. The second kappa shape index (κ2) is 6.28. The number of carbonyl (C=O) groups excluding carboxylic acids is 1. The number of para-hydroxylation sites is 1. The van der Waals surface area contributed by atoms with Gasteiger partial charge in [-0.25, -0.2) is 4.79 Å². The fraction of sp³-hybridized carbons (Fsp3) is 0.333. The molecule has 1 N–H and O–H groups in total. The molecule has 3 rings (SSSR count). The van der Waals surface area contributed by atoms with Crippen LogP contribution in [0, 0.1) is 0 Å². The van der Waals surface area contributed by atoms with Crippen molar-refractivity contribution in [3.05, 3.63) is 46.3 Å². The minimum absolute atomic E-state index is 0. The number of amides is 1. The summed E-state index contributed by atoms with van der Waals surface area (Å²) in [7, 11) is 0. The number of nitrogens with zero attached hydrogens (tertiary/aromatic N) is 1. The van der Waals surface area contributed by atoms with Crippen molar-refractivity contribution in [1.29, 1.82) is 0 Å². The van der Waals surface area contributed by atoms with Gasteiger partial charge in [-0.15, -0.1) is 12.4 Å². The van der Waals surface area contributed by atoms with Gasteiger partial charge >= 0.3 is 5.63 Å². The molecule has 1 aliphatic rings. The van der Waals surface area contributed by atoms with E-state index >= 15 is 0 Å². The number of halogens is 1. The summed E-state index contributed by atoms with van der Waals surface area (Å²) in [6.07, 6.45) is 0. The first-order valence-electron chi connectivity index (χ1n) is 6.71. The molecule has 1 amide bonds. The summed E-state index contributed by atoms with van der Waals surface area (Å²) in [6, 6.07) is 8.89. The van der Waals surface area contributed by atoms with Crippen molar-refractivity contribution in [3.63, 3.8) is 0 Å². The smallest absolute Gasteiger partial charge is 0.349 e. The molecule has 2 heterocycles. The predicted octanol–water partition coefficient (Wildman–Crippen LogP) is 1.65. The normalized spacial score (nSPS) is 18.3. The lowest BCUT2D eigenvalue weighted by Crippen LogP contribution is -2.52. The van der Waals surface area contributed by atoms with Gasteiger partial charge in [-0.1, -0.05) is 18.2 Å². The van der Waals surface area contributed by atoms with Crippen LogP contribution in [-0.4, -0.2) is 36.5 Å². The highest BCUT2D eigenvalue weighted by Crippen LogP contribution is 2.15. The first-order valence-corrected chi connectivity index (χ1v) is 6.71. The zero-order chi connectivity index (χ0) is 14.1. The standard InChI is InChI=1S/C15H16N2O3.ClH/c1-10-9-16-6-7-17(10)14(18)12-8-11-4-2-3-5-13(11)20-15(12)19;/h2-5,8,10,16H,6-7,9H2,1H3;1H/t10-;/m0./s1. The molecule has 5 nitrogen and oxygen atoms in total. The minimum Gasteiger partial charge on any atom is -0.422 e. The van der Waals surface area contributed by atoms with Gasteiger partial charge in [-0.2, -0.15) is 0 Å². The van der Waals surface area contributed by atoms with E-state index in [9.17, 15) is 9.59 Å². The third-order valence-electron chi connectivity index (χ3n) is 3.63. The van der Waals surface area contributed by atoms with E-state index in [1.54, 1.807) is 23.1 Å².